The Balaban J connectivity index is 1.83. The number of aromatic nitrogens is 1. The molecule has 3 N–H and O–H groups in total. The number of hydrogen-bond acceptors (Lipinski definition) is 5. The molecule has 106 valence electrons. The van der Waals surface area contributed by atoms with E-state index in [2.05, 4.69) is 15.6 Å². The molecule has 0 radical (unpaired) electrons. The van der Waals surface area contributed by atoms with Crippen LogP contribution >= 0.6 is 0 Å². The van der Waals surface area contributed by atoms with E-state index in [9.17, 15) is 14.4 Å². The molecule has 0 spiro atoms. The summed E-state index contributed by atoms with van der Waals surface area (Å²) in [5.74, 6) is -1.88. The van der Waals surface area contributed by atoms with Crippen molar-refractivity contribution >= 4 is 17.9 Å². The average Bonchev–Trinajstić information content (AvgIpc) is 3.20. The zero-order chi connectivity index (χ0) is 14.5. The van der Waals surface area contributed by atoms with Gasteiger partial charge in [-0.3, -0.25) is 15.1 Å². The van der Waals surface area contributed by atoms with Gasteiger partial charge < -0.3 is 15.2 Å². The molecule has 0 saturated heterocycles. The van der Waals surface area contributed by atoms with Gasteiger partial charge in [0.2, 0.25) is 0 Å². The Morgan fingerprint density at radius 2 is 2.15 bits per heavy atom. The smallest absolute Gasteiger partial charge is 0.339 e. The van der Waals surface area contributed by atoms with Gasteiger partial charge >= 0.3 is 12.0 Å². The molecule has 0 atom stereocenters. The molecule has 1 aliphatic rings. The third-order valence-corrected chi connectivity index (χ3v) is 2.54. The molecule has 20 heavy (non-hydrogen) atoms. The molecule has 8 nitrogen and oxygen atoms in total. The number of urea groups is 1. The maximum Gasteiger partial charge on any atom is 0.339 e. The standard InChI is InChI=1S/C12H13N3O5/c16-10(15-12(19)14-7-1-2-7)6-20-9-5-13-4-3-8(9)11(17)18/h3-5,7H,1-2,6H2,(H,17,18)(H2,14,15,16,19). The molecule has 0 bridgehead atoms. The van der Waals surface area contributed by atoms with Crippen molar-refractivity contribution in [2.45, 2.75) is 18.9 Å². The third-order valence-electron chi connectivity index (χ3n) is 2.54. The second-order valence-corrected chi connectivity index (χ2v) is 4.26. The topological polar surface area (TPSA) is 118 Å². The number of amides is 3. The van der Waals surface area contributed by atoms with Crippen molar-refractivity contribution in [2.24, 2.45) is 0 Å². The third kappa shape index (κ3) is 3.94. The Kier molecular flexibility index (Phi) is 4.14. The number of carboxylic acids is 1. The molecule has 1 aromatic rings. The van der Waals surface area contributed by atoms with E-state index in [1.807, 2.05) is 0 Å². The molecular formula is C12H13N3O5. The highest BCUT2D eigenvalue weighted by atomic mass is 16.5. The first-order valence-electron chi connectivity index (χ1n) is 5.96. The Morgan fingerprint density at radius 1 is 1.40 bits per heavy atom. The van der Waals surface area contributed by atoms with E-state index < -0.39 is 24.5 Å². The van der Waals surface area contributed by atoms with Crippen LogP contribution in [0.5, 0.6) is 5.75 Å². The number of carbonyl (C=O) groups excluding carboxylic acids is 2. The minimum atomic E-state index is -1.19. The number of carbonyl (C=O) groups is 3. The summed E-state index contributed by atoms with van der Waals surface area (Å²) in [5.41, 5.74) is -0.102. The Labute approximate surface area is 114 Å². The van der Waals surface area contributed by atoms with Gasteiger partial charge in [-0.2, -0.15) is 0 Å². The molecule has 1 aromatic heterocycles. The Bertz CT molecular complexity index is 542. The summed E-state index contributed by atoms with van der Waals surface area (Å²) in [6.45, 7) is -0.468. The number of carboxylic acid groups (broad SMARTS) is 1. The van der Waals surface area contributed by atoms with Gasteiger partial charge in [-0.15, -0.1) is 0 Å². The van der Waals surface area contributed by atoms with Crippen molar-refractivity contribution in [1.29, 1.82) is 0 Å². The Morgan fingerprint density at radius 3 is 2.80 bits per heavy atom. The van der Waals surface area contributed by atoms with Crippen molar-refractivity contribution < 1.29 is 24.2 Å². The van der Waals surface area contributed by atoms with Gasteiger partial charge in [-0.1, -0.05) is 0 Å². The van der Waals surface area contributed by atoms with Gasteiger partial charge in [-0.25, -0.2) is 9.59 Å². The number of nitrogens with zero attached hydrogens (tertiary/aromatic N) is 1. The molecule has 8 heteroatoms. The van der Waals surface area contributed by atoms with Gasteiger partial charge in [0, 0.05) is 12.2 Å². The quantitative estimate of drug-likeness (QED) is 0.706. The zero-order valence-electron chi connectivity index (χ0n) is 10.5. The van der Waals surface area contributed by atoms with Gasteiger partial charge in [0.05, 0.1) is 6.20 Å². The number of aromatic carboxylic acids is 1. The fraction of sp³-hybridized carbons (Fsp3) is 0.333. The van der Waals surface area contributed by atoms with E-state index in [0.29, 0.717) is 0 Å². The van der Waals surface area contributed by atoms with E-state index in [1.165, 1.54) is 18.5 Å². The van der Waals surface area contributed by atoms with Gasteiger partial charge in [0.15, 0.2) is 12.4 Å². The minimum Gasteiger partial charge on any atom is -0.481 e. The van der Waals surface area contributed by atoms with Crippen LogP contribution in [0.25, 0.3) is 0 Å². The molecule has 0 unspecified atom stereocenters. The molecule has 1 heterocycles. The lowest BCUT2D eigenvalue weighted by atomic mass is 10.2. The highest BCUT2D eigenvalue weighted by Gasteiger charge is 2.24. The highest BCUT2D eigenvalue weighted by Crippen LogP contribution is 2.18. The second kappa shape index (κ2) is 6.00. The van der Waals surface area contributed by atoms with Gasteiger partial charge in [0.25, 0.3) is 5.91 Å². The minimum absolute atomic E-state index is 0.0299. The molecule has 0 aliphatic heterocycles. The number of ether oxygens (including phenoxy) is 1. The molecule has 1 saturated carbocycles. The summed E-state index contributed by atoms with van der Waals surface area (Å²) < 4.78 is 5.05. The molecule has 2 rings (SSSR count). The van der Waals surface area contributed by atoms with E-state index in [1.54, 1.807) is 0 Å². The molecule has 3 amide bonds. The van der Waals surface area contributed by atoms with E-state index in [4.69, 9.17) is 9.84 Å². The average molecular weight is 279 g/mol. The largest absolute Gasteiger partial charge is 0.481 e. The van der Waals surface area contributed by atoms with E-state index in [0.717, 1.165) is 12.8 Å². The predicted molar refractivity (Wildman–Crippen MR) is 66.4 cm³/mol. The lowest BCUT2D eigenvalue weighted by Crippen LogP contribution is -2.42. The SMILES string of the molecule is O=C(COc1cnccc1C(=O)O)NC(=O)NC1CC1. The monoisotopic (exact) mass is 279 g/mol. The summed E-state index contributed by atoms with van der Waals surface area (Å²) >= 11 is 0. The molecule has 1 fully saturated rings. The van der Waals surface area contributed by atoms with Crippen LogP contribution in [0.15, 0.2) is 18.5 Å². The Hall–Kier alpha value is -2.64. The number of pyridine rings is 1. The maximum atomic E-state index is 11.4. The lowest BCUT2D eigenvalue weighted by Gasteiger charge is -2.08. The summed E-state index contributed by atoms with van der Waals surface area (Å²) in [4.78, 5) is 37.3. The van der Waals surface area contributed by atoms with Gasteiger partial charge in [-0.05, 0) is 18.9 Å². The van der Waals surface area contributed by atoms with Crippen LogP contribution in [0.3, 0.4) is 0 Å². The van der Waals surface area contributed by atoms with E-state index in [-0.39, 0.29) is 17.4 Å². The predicted octanol–water partition coefficient (Wildman–Crippen LogP) is 0.147. The molecular weight excluding hydrogens is 266 g/mol. The van der Waals surface area contributed by atoms with Gasteiger partial charge in [0.1, 0.15) is 5.56 Å². The van der Waals surface area contributed by atoms with Crippen molar-refractivity contribution in [3.05, 3.63) is 24.0 Å². The number of hydrogen-bond donors (Lipinski definition) is 3. The normalized spacial score (nSPS) is 13.4. The molecule has 1 aliphatic carbocycles. The lowest BCUT2D eigenvalue weighted by molar-refractivity contribution is -0.122. The fourth-order valence-corrected chi connectivity index (χ4v) is 1.43. The number of rotatable bonds is 5. The van der Waals surface area contributed by atoms with Crippen LogP contribution in [0, 0.1) is 0 Å². The van der Waals surface area contributed by atoms with Crippen molar-refractivity contribution in [3.8, 4) is 5.75 Å². The highest BCUT2D eigenvalue weighted by molar-refractivity contribution is 5.95. The zero-order valence-corrected chi connectivity index (χ0v) is 10.5. The first-order chi connectivity index (χ1) is 9.56. The van der Waals surface area contributed by atoms with Crippen LogP contribution in [-0.2, 0) is 4.79 Å². The number of imide groups is 1. The van der Waals surface area contributed by atoms with Crippen LogP contribution in [0.4, 0.5) is 4.79 Å². The van der Waals surface area contributed by atoms with Crippen molar-refractivity contribution in [2.75, 3.05) is 6.61 Å². The van der Waals surface area contributed by atoms with Crippen LogP contribution in [0.2, 0.25) is 0 Å². The maximum absolute atomic E-state index is 11.4. The van der Waals surface area contributed by atoms with E-state index >= 15 is 0 Å². The first-order valence-corrected chi connectivity index (χ1v) is 5.96. The summed E-state index contributed by atoms with van der Waals surface area (Å²) in [5, 5.41) is 13.6. The summed E-state index contributed by atoms with van der Waals surface area (Å²) in [6.07, 6.45) is 4.33. The van der Waals surface area contributed by atoms with Crippen LogP contribution < -0.4 is 15.4 Å². The van der Waals surface area contributed by atoms with Crippen LogP contribution in [-0.4, -0.2) is 40.6 Å². The molecule has 0 aromatic carbocycles. The fourth-order valence-electron chi connectivity index (χ4n) is 1.43. The van der Waals surface area contributed by atoms with Crippen molar-refractivity contribution in [3.63, 3.8) is 0 Å². The van der Waals surface area contributed by atoms with Crippen molar-refractivity contribution in [1.82, 2.24) is 15.6 Å². The second-order valence-electron chi connectivity index (χ2n) is 4.26. The van der Waals surface area contributed by atoms with Crippen LogP contribution in [0.1, 0.15) is 23.2 Å². The summed E-state index contributed by atoms with van der Waals surface area (Å²) in [6, 6.07) is 0.821. The first kappa shape index (κ1) is 13.8. The summed E-state index contributed by atoms with van der Waals surface area (Å²) in [7, 11) is 0. The number of nitrogens with one attached hydrogen (secondary N) is 2.